The van der Waals surface area contributed by atoms with E-state index in [1.807, 2.05) is 40.7 Å². The minimum Gasteiger partial charge on any atom is -0.380 e. The van der Waals surface area contributed by atoms with Crippen molar-refractivity contribution in [3.05, 3.63) is 65.5 Å². The number of rotatable bonds is 6. The first kappa shape index (κ1) is 19.7. The minimum atomic E-state index is -0.730. The number of benzene rings is 1. The van der Waals surface area contributed by atoms with Crippen molar-refractivity contribution >= 4 is 5.69 Å². The number of aliphatic hydroxyl groups excluding tert-OH is 1. The van der Waals surface area contributed by atoms with Crippen LogP contribution in [0, 0.1) is 6.92 Å². The number of nitrogens with zero attached hydrogens (tertiary/aromatic N) is 6. The van der Waals surface area contributed by atoms with Gasteiger partial charge in [0.15, 0.2) is 0 Å². The van der Waals surface area contributed by atoms with Gasteiger partial charge in [0.25, 0.3) is 0 Å². The number of aryl methyl sites for hydroxylation is 3. The summed E-state index contributed by atoms with van der Waals surface area (Å²) >= 11 is 0. The zero-order valence-corrected chi connectivity index (χ0v) is 17.5. The molecule has 7 nitrogen and oxygen atoms in total. The van der Waals surface area contributed by atoms with Crippen molar-refractivity contribution in [3.8, 4) is 0 Å². The first-order chi connectivity index (χ1) is 14.1. The van der Waals surface area contributed by atoms with Crippen molar-refractivity contribution in [2.75, 3.05) is 31.1 Å². The van der Waals surface area contributed by atoms with E-state index >= 15 is 0 Å². The number of piperazine rings is 1. The fourth-order valence-electron chi connectivity index (χ4n) is 4.05. The molecule has 29 heavy (non-hydrogen) atoms. The van der Waals surface area contributed by atoms with Gasteiger partial charge in [-0.05, 0) is 19.9 Å². The summed E-state index contributed by atoms with van der Waals surface area (Å²) < 4.78 is 3.88. The highest BCUT2D eigenvalue weighted by Crippen LogP contribution is 2.30. The molecule has 1 saturated heterocycles. The molecule has 1 fully saturated rings. The molecule has 7 heteroatoms. The lowest BCUT2D eigenvalue weighted by atomic mass is 10.0. The van der Waals surface area contributed by atoms with E-state index in [2.05, 4.69) is 46.0 Å². The molecule has 0 bridgehead atoms. The summed E-state index contributed by atoms with van der Waals surface area (Å²) in [5.41, 5.74) is 4.44. The third-order valence-electron chi connectivity index (χ3n) is 5.81. The highest BCUT2D eigenvalue weighted by Gasteiger charge is 2.24. The van der Waals surface area contributed by atoms with Crippen LogP contribution in [0.2, 0.25) is 0 Å². The normalized spacial score (nSPS) is 16.3. The van der Waals surface area contributed by atoms with E-state index in [4.69, 9.17) is 0 Å². The van der Waals surface area contributed by atoms with Crippen LogP contribution in [0.25, 0.3) is 0 Å². The van der Waals surface area contributed by atoms with Crippen molar-refractivity contribution in [2.45, 2.75) is 33.0 Å². The van der Waals surface area contributed by atoms with Crippen LogP contribution < -0.4 is 4.90 Å². The van der Waals surface area contributed by atoms with Gasteiger partial charge in [-0.2, -0.15) is 5.10 Å². The van der Waals surface area contributed by atoms with Crippen molar-refractivity contribution in [2.24, 2.45) is 7.05 Å². The molecule has 1 aliphatic heterocycles. The van der Waals surface area contributed by atoms with Crippen molar-refractivity contribution in [1.82, 2.24) is 24.2 Å². The summed E-state index contributed by atoms with van der Waals surface area (Å²) in [6, 6.07) is 8.13. The summed E-state index contributed by atoms with van der Waals surface area (Å²) in [4.78, 5) is 9.19. The van der Waals surface area contributed by atoms with Crippen LogP contribution in [0.5, 0.6) is 0 Å². The van der Waals surface area contributed by atoms with Gasteiger partial charge in [-0.3, -0.25) is 9.58 Å². The lowest BCUT2D eigenvalue weighted by Gasteiger charge is -2.37. The quantitative estimate of drug-likeness (QED) is 0.695. The second-order valence-electron chi connectivity index (χ2n) is 7.72. The number of hydrogen-bond acceptors (Lipinski definition) is 5. The van der Waals surface area contributed by atoms with Crippen LogP contribution in [0.1, 0.15) is 35.7 Å². The van der Waals surface area contributed by atoms with Gasteiger partial charge in [0.1, 0.15) is 11.9 Å². The van der Waals surface area contributed by atoms with Gasteiger partial charge < -0.3 is 14.6 Å². The van der Waals surface area contributed by atoms with E-state index in [1.165, 1.54) is 5.56 Å². The van der Waals surface area contributed by atoms with Crippen LogP contribution in [0.15, 0.2) is 42.9 Å². The van der Waals surface area contributed by atoms with Gasteiger partial charge in [-0.1, -0.05) is 18.2 Å². The summed E-state index contributed by atoms with van der Waals surface area (Å²) in [5, 5.41) is 15.5. The molecule has 0 unspecified atom stereocenters. The molecule has 0 radical (unpaired) electrons. The molecule has 0 amide bonds. The van der Waals surface area contributed by atoms with Gasteiger partial charge in [0.05, 0.1) is 5.69 Å². The van der Waals surface area contributed by atoms with Crippen LogP contribution in [0.4, 0.5) is 5.69 Å². The molecule has 0 aliphatic carbocycles. The van der Waals surface area contributed by atoms with E-state index in [-0.39, 0.29) is 0 Å². The molecule has 0 saturated carbocycles. The third-order valence-corrected chi connectivity index (χ3v) is 5.81. The molecular weight excluding hydrogens is 364 g/mol. The molecule has 1 N–H and O–H groups in total. The first-order valence-corrected chi connectivity index (χ1v) is 10.3. The van der Waals surface area contributed by atoms with E-state index in [9.17, 15) is 5.11 Å². The Labute approximate surface area is 172 Å². The Morgan fingerprint density at radius 3 is 2.55 bits per heavy atom. The third kappa shape index (κ3) is 4.06. The Hall–Kier alpha value is -2.64. The molecule has 2 aromatic heterocycles. The smallest absolute Gasteiger partial charge is 0.142 e. The van der Waals surface area contributed by atoms with E-state index in [0.29, 0.717) is 5.82 Å². The molecule has 3 heterocycles. The van der Waals surface area contributed by atoms with Crippen LogP contribution in [-0.4, -0.2) is 55.5 Å². The molecule has 4 rings (SSSR count). The maximum Gasteiger partial charge on any atom is 0.142 e. The van der Waals surface area contributed by atoms with Crippen molar-refractivity contribution in [3.63, 3.8) is 0 Å². The summed E-state index contributed by atoms with van der Waals surface area (Å²) in [6.45, 7) is 9.91. The molecule has 1 aromatic carbocycles. The molecular formula is C22H30N6O. The van der Waals surface area contributed by atoms with Gasteiger partial charge in [-0.15, -0.1) is 0 Å². The van der Waals surface area contributed by atoms with Crippen LogP contribution >= 0.6 is 0 Å². The van der Waals surface area contributed by atoms with Gasteiger partial charge in [0, 0.05) is 81.7 Å². The average molecular weight is 395 g/mol. The molecule has 1 atom stereocenters. The Bertz CT molecular complexity index is 954. The number of anilines is 1. The zero-order valence-electron chi connectivity index (χ0n) is 17.5. The maximum atomic E-state index is 10.9. The van der Waals surface area contributed by atoms with E-state index < -0.39 is 6.10 Å². The second-order valence-corrected chi connectivity index (χ2v) is 7.72. The van der Waals surface area contributed by atoms with Crippen LogP contribution in [-0.2, 0) is 20.1 Å². The number of aromatic nitrogens is 4. The van der Waals surface area contributed by atoms with Crippen molar-refractivity contribution < 1.29 is 5.11 Å². The summed E-state index contributed by atoms with van der Waals surface area (Å²) in [5.74, 6) is 0.666. The molecule has 154 valence electrons. The van der Waals surface area contributed by atoms with Gasteiger partial charge >= 0.3 is 0 Å². The van der Waals surface area contributed by atoms with Crippen LogP contribution in [0.3, 0.4) is 0 Å². The number of hydrogen-bond donors (Lipinski definition) is 1. The second kappa shape index (κ2) is 8.39. The first-order valence-electron chi connectivity index (χ1n) is 10.3. The Morgan fingerprint density at radius 2 is 1.90 bits per heavy atom. The minimum absolute atomic E-state index is 0.666. The SMILES string of the molecule is CCn1cc(CN2CCN(c3ccccc3[C@H](O)c3nccn3C)CC2)c(C)n1. The standard InChI is InChI=1S/C22H30N6O/c1-4-28-16-18(17(2)24-28)15-26-11-13-27(14-12-26)20-8-6-5-7-19(20)21(29)22-23-9-10-25(22)3/h5-10,16,21,29H,4,11-15H2,1-3H3/t21-/m0/s1. The Morgan fingerprint density at radius 1 is 1.14 bits per heavy atom. The van der Waals surface area contributed by atoms with Gasteiger partial charge in [0.2, 0.25) is 0 Å². The monoisotopic (exact) mass is 394 g/mol. The summed E-state index contributed by atoms with van der Waals surface area (Å²) in [6.07, 6.45) is 5.03. The van der Waals surface area contributed by atoms with E-state index in [0.717, 1.165) is 56.2 Å². The average Bonchev–Trinajstić information content (AvgIpc) is 3.33. The number of aliphatic hydroxyl groups is 1. The summed E-state index contributed by atoms with van der Waals surface area (Å²) in [7, 11) is 1.91. The topological polar surface area (TPSA) is 62.4 Å². The lowest BCUT2D eigenvalue weighted by Crippen LogP contribution is -2.46. The molecule has 0 spiro atoms. The predicted octanol–water partition coefficient (Wildman–Crippen LogP) is 2.35. The highest BCUT2D eigenvalue weighted by molar-refractivity contribution is 5.56. The Balaban J connectivity index is 1.45. The van der Waals surface area contributed by atoms with Gasteiger partial charge in [-0.25, -0.2) is 4.98 Å². The number of imidazole rings is 1. The Kier molecular flexibility index (Phi) is 5.69. The maximum absolute atomic E-state index is 10.9. The van der Waals surface area contributed by atoms with Crippen molar-refractivity contribution in [1.29, 1.82) is 0 Å². The zero-order chi connectivity index (χ0) is 20.4. The largest absolute Gasteiger partial charge is 0.380 e. The predicted molar refractivity (Wildman–Crippen MR) is 114 cm³/mol. The fraction of sp³-hybridized carbons (Fsp3) is 0.455. The van der Waals surface area contributed by atoms with E-state index in [1.54, 1.807) is 6.20 Å². The highest BCUT2D eigenvalue weighted by atomic mass is 16.3. The molecule has 1 aliphatic rings. The fourth-order valence-corrected chi connectivity index (χ4v) is 4.05. The molecule has 3 aromatic rings. The lowest BCUT2D eigenvalue weighted by molar-refractivity contribution is 0.205. The number of para-hydroxylation sites is 1.